The zero-order valence-corrected chi connectivity index (χ0v) is 15.2. The van der Waals surface area contributed by atoms with Crippen LogP contribution in [0, 0.1) is 0 Å². The molecule has 0 fully saturated rings. The number of esters is 1. The minimum absolute atomic E-state index is 0.198. The summed E-state index contributed by atoms with van der Waals surface area (Å²) >= 11 is 0. The lowest BCUT2D eigenvalue weighted by atomic mass is 10.1. The summed E-state index contributed by atoms with van der Waals surface area (Å²) in [4.78, 5) is 24.1. The van der Waals surface area contributed by atoms with Crippen molar-refractivity contribution in [3.8, 4) is 11.5 Å². The number of carbonyl (C=O) groups is 2. The SMILES string of the molecule is COc1ccc(CCC(=O)O[C@H](C)C(=O)Nc2cccc(OC)c2)cc1. The van der Waals surface area contributed by atoms with Crippen molar-refractivity contribution in [2.24, 2.45) is 0 Å². The molecule has 0 bridgehead atoms. The van der Waals surface area contributed by atoms with Gasteiger partial charge in [0, 0.05) is 18.2 Å². The average Bonchev–Trinajstić information content (AvgIpc) is 2.66. The Morgan fingerprint density at radius 1 is 1.00 bits per heavy atom. The summed E-state index contributed by atoms with van der Waals surface area (Å²) in [5, 5.41) is 2.70. The number of amides is 1. The van der Waals surface area contributed by atoms with E-state index in [0.29, 0.717) is 17.9 Å². The molecule has 1 amide bonds. The van der Waals surface area contributed by atoms with Crippen molar-refractivity contribution >= 4 is 17.6 Å². The molecule has 26 heavy (non-hydrogen) atoms. The number of rotatable bonds is 8. The van der Waals surface area contributed by atoms with E-state index < -0.39 is 18.0 Å². The van der Waals surface area contributed by atoms with Crippen molar-refractivity contribution in [1.29, 1.82) is 0 Å². The predicted octanol–water partition coefficient (Wildman–Crippen LogP) is 3.21. The van der Waals surface area contributed by atoms with Gasteiger partial charge >= 0.3 is 5.97 Å². The molecule has 0 heterocycles. The van der Waals surface area contributed by atoms with Gasteiger partial charge in [0.2, 0.25) is 0 Å². The van der Waals surface area contributed by atoms with E-state index in [4.69, 9.17) is 14.2 Å². The van der Waals surface area contributed by atoms with Gasteiger partial charge in [-0.25, -0.2) is 0 Å². The molecule has 0 aliphatic carbocycles. The molecule has 0 unspecified atom stereocenters. The highest BCUT2D eigenvalue weighted by Gasteiger charge is 2.18. The fourth-order valence-corrected chi connectivity index (χ4v) is 2.29. The fourth-order valence-electron chi connectivity index (χ4n) is 2.29. The number of carbonyl (C=O) groups excluding carboxylic acids is 2. The second-order valence-electron chi connectivity index (χ2n) is 5.70. The number of hydrogen-bond acceptors (Lipinski definition) is 5. The molecule has 2 aromatic rings. The van der Waals surface area contributed by atoms with E-state index in [-0.39, 0.29) is 6.42 Å². The Labute approximate surface area is 153 Å². The van der Waals surface area contributed by atoms with E-state index in [1.807, 2.05) is 24.3 Å². The molecular weight excluding hydrogens is 334 g/mol. The highest BCUT2D eigenvalue weighted by molar-refractivity contribution is 5.95. The van der Waals surface area contributed by atoms with Gasteiger partial charge in [-0.1, -0.05) is 18.2 Å². The topological polar surface area (TPSA) is 73.9 Å². The van der Waals surface area contributed by atoms with Gasteiger partial charge in [0.05, 0.1) is 14.2 Å². The van der Waals surface area contributed by atoms with Gasteiger partial charge in [-0.05, 0) is 43.2 Å². The summed E-state index contributed by atoms with van der Waals surface area (Å²) in [5.41, 5.74) is 1.58. The average molecular weight is 357 g/mol. The molecule has 2 rings (SSSR count). The van der Waals surface area contributed by atoms with Crippen molar-refractivity contribution in [3.63, 3.8) is 0 Å². The van der Waals surface area contributed by atoms with Gasteiger partial charge < -0.3 is 19.5 Å². The normalized spacial score (nSPS) is 11.3. The summed E-state index contributed by atoms with van der Waals surface area (Å²) in [5.74, 6) is 0.580. The van der Waals surface area contributed by atoms with Crippen molar-refractivity contribution in [2.75, 3.05) is 19.5 Å². The van der Waals surface area contributed by atoms with Gasteiger partial charge in [-0.2, -0.15) is 0 Å². The largest absolute Gasteiger partial charge is 0.497 e. The van der Waals surface area contributed by atoms with Crippen LogP contribution in [0.1, 0.15) is 18.9 Å². The monoisotopic (exact) mass is 357 g/mol. The molecular formula is C20H23NO5. The lowest BCUT2D eigenvalue weighted by molar-refractivity contribution is -0.153. The lowest BCUT2D eigenvalue weighted by Crippen LogP contribution is -2.30. The molecule has 0 saturated carbocycles. The maximum Gasteiger partial charge on any atom is 0.306 e. The van der Waals surface area contributed by atoms with Crippen molar-refractivity contribution in [1.82, 2.24) is 0 Å². The molecule has 0 aliphatic heterocycles. The van der Waals surface area contributed by atoms with Crippen LogP contribution in [0.25, 0.3) is 0 Å². The minimum Gasteiger partial charge on any atom is -0.497 e. The van der Waals surface area contributed by atoms with Crippen molar-refractivity contribution in [3.05, 3.63) is 54.1 Å². The molecule has 138 valence electrons. The second-order valence-corrected chi connectivity index (χ2v) is 5.70. The number of nitrogens with one attached hydrogen (secondary N) is 1. The molecule has 0 aliphatic rings. The third-order valence-corrected chi connectivity index (χ3v) is 3.79. The van der Waals surface area contributed by atoms with Gasteiger partial charge in [-0.3, -0.25) is 9.59 Å². The van der Waals surface area contributed by atoms with Crippen LogP contribution in [0.3, 0.4) is 0 Å². The summed E-state index contributed by atoms with van der Waals surface area (Å²) in [6, 6.07) is 14.4. The highest BCUT2D eigenvalue weighted by atomic mass is 16.5. The number of anilines is 1. The van der Waals surface area contributed by atoms with Crippen LogP contribution in [0.15, 0.2) is 48.5 Å². The Balaban J connectivity index is 1.80. The predicted molar refractivity (Wildman–Crippen MR) is 98.5 cm³/mol. The van der Waals surface area contributed by atoms with Crippen LogP contribution in [0.4, 0.5) is 5.69 Å². The molecule has 6 heteroatoms. The number of methoxy groups -OCH3 is 2. The standard InChI is InChI=1S/C20H23NO5/c1-14(20(23)21-16-5-4-6-18(13-16)25-3)26-19(22)12-9-15-7-10-17(24-2)11-8-15/h4-8,10-11,13-14H,9,12H2,1-3H3,(H,21,23)/t14-/m1/s1. The summed E-state index contributed by atoms with van der Waals surface area (Å²) in [7, 11) is 3.15. The van der Waals surface area contributed by atoms with E-state index in [1.165, 1.54) is 0 Å². The van der Waals surface area contributed by atoms with Crippen molar-refractivity contribution in [2.45, 2.75) is 25.9 Å². The third-order valence-electron chi connectivity index (χ3n) is 3.79. The summed E-state index contributed by atoms with van der Waals surface area (Å²) in [6.07, 6.45) is -0.152. The molecule has 0 radical (unpaired) electrons. The van der Waals surface area contributed by atoms with Gasteiger partial charge in [0.15, 0.2) is 6.10 Å². The van der Waals surface area contributed by atoms with Crippen LogP contribution >= 0.6 is 0 Å². The first kappa shape index (κ1) is 19.3. The smallest absolute Gasteiger partial charge is 0.306 e. The minimum atomic E-state index is -0.885. The quantitative estimate of drug-likeness (QED) is 0.735. The Bertz CT molecular complexity index is 742. The number of benzene rings is 2. The van der Waals surface area contributed by atoms with E-state index in [9.17, 15) is 9.59 Å². The molecule has 0 aromatic heterocycles. The summed E-state index contributed by atoms with van der Waals surface area (Å²) in [6.45, 7) is 1.54. The van der Waals surface area contributed by atoms with Crippen LogP contribution < -0.4 is 14.8 Å². The zero-order valence-electron chi connectivity index (χ0n) is 15.2. The molecule has 6 nitrogen and oxygen atoms in total. The number of aryl methyl sites for hydroxylation is 1. The fraction of sp³-hybridized carbons (Fsp3) is 0.300. The van der Waals surface area contributed by atoms with E-state index in [0.717, 1.165) is 11.3 Å². The lowest BCUT2D eigenvalue weighted by Gasteiger charge is -2.14. The third kappa shape index (κ3) is 5.81. The maximum absolute atomic E-state index is 12.1. The first-order valence-corrected chi connectivity index (χ1v) is 8.29. The summed E-state index contributed by atoms with van der Waals surface area (Å²) < 4.78 is 15.4. The molecule has 1 N–H and O–H groups in total. The highest BCUT2D eigenvalue weighted by Crippen LogP contribution is 2.17. The first-order chi connectivity index (χ1) is 12.5. The van der Waals surface area contributed by atoms with Gasteiger partial charge in [0.1, 0.15) is 11.5 Å². The van der Waals surface area contributed by atoms with Gasteiger partial charge in [-0.15, -0.1) is 0 Å². The zero-order chi connectivity index (χ0) is 18.9. The van der Waals surface area contributed by atoms with Crippen LogP contribution in [0.2, 0.25) is 0 Å². The Hall–Kier alpha value is -3.02. The molecule has 0 saturated heterocycles. The number of ether oxygens (including phenoxy) is 3. The molecule has 2 aromatic carbocycles. The van der Waals surface area contributed by atoms with E-state index >= 15 is 0 Å². The Kier molecular flexibility index (Phi) is 7.02. The number of hydrogen-bond donors (Lipinski definition) is 1. The molecule has 0 spiro atoms. The van der Waals surface area contributed by atoms with Crippen LogP contribution in [-0.2, 0) is 20.7 Å². The molecule has 1 atom stereocenters. The van der Waals surface area contributed by atoms with Crippen LogP contribution in [0.5, 0.6) is 11.5 Å². The van der Waals surface area contributed by atoms with E-state index in [2.05, 4.69) is 5.32 Å². The second kappa shape index (κ2) is 9.46. The van der Waals surface area contributed by atoms with E-state index in [1.54, 1.807) is 45.4 Å². The maximum atomic E-state index is 12.1. The van der Waals surface area contributed by atoms with Gasteiger partial charge in [0.25, 0.3) is 5.91 Å². The Morgan fingerprint density at radius 3 is 2.35 bits per heavy atom. The van der Waals surface area contributed by atoms with Crippen molar-refractivity contribution < 1.29 is 23.8 Å². The van der Waals surface area contributed by atoms with Crippen LogP contribution in [-0.4, -0.2) is 32.2 Å². The Morgan fingerprint density at radius 2 is 1.69 bits per heavy atom. The first-order valence-electron chi connectivity index (χ1n) is 8.29.